The van der Waals surface area contributed by atoms with E-state index in [4.69, 9.17) is 0 Å². The molecule has 4 atom stereocenters. The SMILES string of the molecule is CC#CC12CC3CC(C1)CC(C14CC5CC(C#CC)(CC(C#CC)(C5)C1)C4)(C3)C2. The largest absolute Gasteiger partial charge is 0.106 e. The van der Waals surface area contributed by atoms with Crippen LogP contribution < -0.4 is 0 Å². The highest BCUT2D eigenvalue weighted by Gasteiger charge is 2.72. The van der Waals surface area contributed by atoms with E-state index in [0.29, 0.717) is 16.2 Å². The van der Waals surface area contributed by atoms with Crippen molar-refractivity contribution in [3.8, 4) is 35.5 Å². The van der Waals surface area contributed by atoms with Crippen molar-refractivity contribution in [1.29, 1.82) is 0 Å². The predicted octanol–water partition coefficient (Wildman–Crippen LogP) is 6.60. The van der Waals surface area contributed by atoms with Crippen molar-refractivity contribution in [3.63, 3.8) is 0 Å². The fraction of sp³-hybridized carbons (Fsp3) is 0.793. The summed E-state index contributed by atoms with van der Waals surface area (Å²) in [5, 5.41) is 0. The van der Waals surface area contributed by atoms with Crippen molar-refractivity contribution in [2.45, 2.75) is 97.8 Å². The Morgan fingerprint density at radius 3 is 1.48 bits per heavy atom. The molecule has 0 saturated heterocycles. The van der Waals surface area contributed by atoms with Crippen molar-refractivity contribution in [3.05, 3.63) is 0 Å². The molecular weight excluding hydrogens is 348 g/mol. The quantitative estimate of drug-likeness (QED) is 0.447. The van der Waals surface area contributed by atoms with Crippen LogP contribution >= 0.6 is 0 Å². The molecule has 0 aliphatic heterocycles. The Morgan fingerprint density at radius 1 is 0.483 bits per heavy atom. The molecule has 0 aromatic heterocycles. The van der Waals surface area contributed by atoms with Crippen molar-refractivity contribution < 1.29 is 0 Å². The maximum absolute atomic E-state index is 3.82. The lowest BCUT2D eigenvalue weighted by molar-refractivity contribution is -0.231. The van der Waals surface area contributed by atoms with Gasteiger partial charge in [0.05, 0.1) is 0 Å². The third-order valence-corrected chi connectivity index (χ3v) is 10.4. The topological polar surface area (TPSA) is 0 Å². The van der Waals surface area contributed by atoms with Crippen LogP contribution in [-0.2, 0) is 0 Å². The molecule has 8 aliphatic carbocycles. The van der Waals surface area contributed by atoms with Gasteiger partial charge in [-0.3, -0.25) is 0 Å². The van der Waals surface area contributed by atoms with Gasteiger partial charge < -0.3 is 0 Å². The zero-order chi connectivity index (χ0) is 20.0. The van der Waals surface area contributed by atoms with E-state index in [0.717, 1.165) is 17.8 Å². The molecule has 8 fully saturated rings. The molecule has 152 valence electrons. The molecule has 8 saturated carbocycles. The summed E-state index contributed by atoms with van der Waals surface area (Å²) in [6.07, 6.45) is 16.8. The van der Waals surface area contributed by atoms with Crippen molar-refractivity contribution in [2.75, 3.05) is 0 Å². The van der Waals surface area contributed by atoms with Gasteiger partial charge in [0.25, 0.3) is 0 Å². The van der Waals surface area contributed by atoms with Gasteiger partial charge in [-0.2, -0.15) is 0 Å². The Bertz CT molecular complexity index is 880. The minimum absolute atomic E-state index is 0.255. The molecule has 0 nitrogen and oxygen atoms in total. The third kappa shape index (κ3) is 2.38. The second-order valence-electron chi connectivity index (χ2n) is 12.5. The van der Waals surface area contributed by atoms with Gasteiger partial charge in [0.15, 0.2) is 0 Å². The lowest BCUT2D eigenvalue weighted by atomic mass is 9.29. The highest BCUT2D eigenvalue weighted by molar-refractivity contribution is 5.33. The van der Waals surface area contributed by atoms with E-state index in [1.807, 2.05) is 0 Å². The van der Waals surface area contributed by atoms with Gasteiger partial charge in [-0.1, -0.05) is 17.8 Å². The Morgan fingerprint density at radius 2 is 0.931 bits per heavy atom. The zero-order valence-electron chi connectivity index (χ0n) is 18.7. The first-order valence-electron chi connectivity index (χ1n) is 12.2. The standard InChI is InChI=1S/C29H36/c1-4-7-25-11-22-10-23(12-25)16-28(15-22,19-25)29-17-24-13-26(20-29,8-5-2)18-27(14-24,21-29)9-6-3/h22-24H,10-21H2,1-3H3. The molecular formula is C29H36. The third-order valence-electron chi connectivity index (χ3n) is 10.4. The molecule has 29 heavy (non-hydrogen) atoms. The van der Waals surface area contributed by atoms with Crippen molar-refractivity contribution >= 4 is 0 Å². The normalized spacial score (nSPS) is 55.3. The first-order valence-corrected chi connectivity index (χ1v) is 12.2. The summed E-state index contributed by atoms with van der Waals surface area (Å²) in [6, 6.07) is 0. The van der Waals surface area contributed by atoms with E-state index in [1.165, 1.54) is 77.0 Å². The molecule has 0 spiro atoms. The highest BCUT2D eigenvalue weighted by atomic mass is 14.7. The summed E-state index contributed by atoms with van der Waals surface area (Å²) in [7, 11) is 0. The first kappa shape index (κ1) is 18.4. The molecule has 8 bridgehead atoms. The molecule has 0 heteroatoms. The Labute approximate surface area is 178 Å². The lowest BCUT2D eigenvalue weighted by Crippen LogP contribution is -2.66. The smallest absolute Gasteiger partial charge is 0.0337 e. The molecule has 8 aliphatic rings. The van der Waals surface area contributed by atoms with Crippen LogP contribution in [0.4, 0.5) is 0 Å². The summed E-state index contributed by atoms with van der Waals surface area (Å²) in [5.74, 6) is 24.3. The minimum atomic E-state index is 0.255. The molecule has 4 unspecified atom stereocenters. The molecule has 0 aromatic carbocycles. The molecule has 0 heterocycles. The maximum Gasteiger partial charge on any atom is 0.0337 e. The van der Waals surface area contributed by atoms with E-state index < -0.39 is 0 Å². The second-order valence-corrected chi connectivity index (χ2v) is 12.5. The van der Waals surface area contributed by atoms with Crippen LogP contribution in [0.1, 0.15) is 97.8 Å². The zero-order valence-corrected chi connectivity index (χ0v) is 18.7. The Kier molecular flexibility index (Phi) is 3.61. The number of hydrogen-bond acceptors (Lipinski definition) is 0. The summed E-state index contributed by atoms with van der Waals surface area (Å²) in [4.78, 5) is 0. The first-order chi connectivity index (χ1) is 13.9. The van der Waals surface area contributed by atoms with Crippen molar-refractivity contribution in [2.24, 2.45) is 44.8 Å². The van der Waals surface area contributed by atoms with Crippen LogP contribution in [0, 0.1) is 80.4 Å². The Hall–Kier alpha value is -1.32. The highest BCUT2D eigenvalue weighted by Crippen LogP contribution is 2.80. The summed E-state index contributed by atoms with van der Waals surface area (Å²) < 4.78 is 0. The van der Waals surface area contributed by atoms with Gasteiger partial charge in [-0.05, 0) is 126 Å². The number of hydrogen-bond donors (Lipinski definition) is 0. The van der Waals surface area contributed by atoms with Gasteiger partial charge in [0.1, 0.15) is 0 Å². The van der Waals surface area contributed by atoms with Gasteiger partial charge in [-0.15, -0.1) is 17.8 Å². The fourth-order valence-corrected chi connectivity index (χ4v) is 11.1. The van der Waals surface area contributed by atoms with Gasteiger partial charge >= 0.3 is 0 Å². The average molecular weight is 385 g/mol. The molecule has 0 aromatic rings. The van der Waals surface area contributed by atoms with Gasteiger partial charge in [-0.25, -0.2) is 0 Å². The van der Waals surface area contributed by atoms with E-state index in [9.17, 15) is 0 Å². The molecule has 0 radical (unpaired) electrons. The summed E-state index contributed by atoms with van der Waals surface area (Å²) in [6.45, 7) is 6.22. The minimum Gasteiger partial charge on any atom is -0.106 e. The average Bonchev–Trinajstić information content (AvgIpc) is 2.59. The Balaban J connectivity index is 1.49. The summed E-state index contributed by atoms with van der Waals surface area (Å²) >= 11 is 0. The molecule has 8 rings (SSSR count). The van der Waals surface area contributed by atoms with E-state index in [-0.39, 0.29) is 10.8 Å². The molecule has 0 amide bonds. The van der Waals surface area contributed by atoms with Crippen molar-refractivity contribution in [1.82, 2.24) is 0 Å². The number of rotatable bonds is 1. The maximum atomic E-state index is 3.82. The van der Waals surface area contributed by atoms with E-state index in [1.54, 1.807) is 0 Å². The molecule has 0 N–H and O–H groups in total. The van der Waals surface area contributed by atoms with E-state index in [2.05, 4.69) is 56.3 Å². The van der Waals surface area contributed by atoms with Gasteiger partial charge in [0.2, 0.25) is 0 Å². The fourth-order valence-electron chi connectivity index (χ4n) is 11.1. The van der Waals surface area contributed by atoms with Crippen LogP contribution in [0.15, 0.2) is 0 Å². The summed E-state index contributed by atoms with van der Waals surface area (Å²) in [5.41, 5.74) is 1.87. The lowest BCUT2D eigenvalue weighted by Gasteiger charge is -2.74. The van der Waals surface area contributed by atoms with Gasteiger partial charge in [0, 0.05) is 16.2 Å². The van der Waals surface area contributed by atoms with Crippen LogP contribution in [-0.4, -0.2) is 0 Å². The second kappa shape index (κ2) is 5.68. The monoisotopic (exact) mass is 384 g/mol. The van der Waals surface area contributed by atoms with Crippen LogP contribution in [0.2, 0.25) is 0 Å². The van der Waals surface area contributed by atoms with Crippen LogP contribution in [0.5, 0.6) is 0 Å². The van der Waals surface area contributed by atoms with E-state index >= 15 is 0 Å². The van der Waals surface area contributed by atoms with Crippen LogP contribution in [0.25, 0.3) is 0 Å². The van der Waals surface area contributed by atoms with Crippen LogP contribution in [0.3, 0.4) is 0 Å². The predicted molar refractivity (Wildman–Crippen MR) is 118 cm³/mol.